The Labute approximate surface area is 180 Å². The number of rotatable bonds is 2. The van der Waals surface area contributed by atoms with Crippen molar-refractivity contribution in [2.45, 2.75) is 31.7 Å². The zero-order chi connectivity index (χ0) is 21.6. The highest BCUT2D eigenvalue weighted by Gasteiger charge is 2.27. The molecule has 4 heterocycles. The quantitative estimate of drug-likeness (QED) is 0.775. The molecule has 1 aliphatic carbocycles. The Hall–Kier alpha value is -2.78. The first-order chi connectivity index (χ1) is 14.9. The number of hydrogen-bond donors (Lipinski definition) is 1. The highest BCUT2D eigenvalue weighted by atomic mass is 32.2. The molecule has 5 rings (SSSR count). The highest BCUT2D eigenvalue weighted by Crippen LogP contribution is 2.29. The smallest absolute Gasteiger partial charge is 0.211 e. The van der Waals surface area contributed by atoms with Crippen LogP contribution in [0, 0.1) is 0 Å². The van der Waals surface area contributed by atoms with Gasteiger partial charge in [-0.3, -0.25) is 0 Å². The van der Waals surface area contributed by atoms with Crippen molar-refractivity contribution in [3.63, 3.8) is 0 Å². The molecule has 2 aromatic rings. The molecule has 0 unspecified atom stereocenters. The fourth-order valence-electron chi connectivity index (χ4n) is 4.60. The minimum absolute atomic E-state index is 0.142. The summed E-state index contributed by atoms with van der Waals surface area (Å²) >= 11 is 0. The third-order valence-electron chi connectivity index (χ3n) is 6.20. The molecule has 3 aliphatic rings. The maximum absolute atomic E-state index is 13.6. The number of H-pyrrole nitrogens is 1. The van der Waals surface area contributed by atoms with Gasteiger partial charge >= 0.3 is 0 Å². The number of aliphatic imine (C=N–C) groups is 1. The zero-order valence-electron chi connectivity index (χ0n) is 17.3. The molecule has 1 N–H and O–H groups in total. The van der Waals surface area contributed by atoms with Gasteiger partial charge in [0.1, 0.15) is 11.6 Å². The average Bonchev–Trinajstić information content (AvgIpc) is 3.41. The van der Waals surface area contributed by atoms with E-state index in [2.05, 4.69) is 14.5 Å². The molecule has 0 aromatic carbocycles. The van der Waals surface area contributed by atoms with Gasteiger partial charge in [-0.2, -0.15) is 0 Å². The van der Waals surface area contributed by atoms with Crippen molar-refractivity contribution in [2.75, 3.05) is 19.3 Å². The highest BCUT2D eigenvalue weighted by molar-refractivity contribution is 7.88. The average molecular weight is 442 g/mol. The van der Waals surface area contributed by atoms with Gasteiger partial charge in [-0.15, -0.1) is 0 Å². The van der Waals surface area contributed by atoms with Crippen LogP contribution >= 0.6 is 0 Å². The summed E-state index contributed by atoms with van der Waals surface area (Å²) in [5, 5.41) is 1.86. The molecule has 7 nitrogen and oxygen atoms in total. The third kappa shape index (κ3) is 3.72. The van der Waals surface area contributed by atoms with Crippen molar-refractivity contribution in [1.29, 1.82) is 0 Å². The lowest BCUT2D eigenvalue weighted by atomic mass is 9.99. The first-order valence-corrected chi connectivity index (χ1v) is 12.2. The maximum atomic E-state index is 13.6. The van der Waals surface area contributed by atoms with Gasteiger partial charge in [0.2, 0.25) is 10.0 Å². The number of imidazole rings is 1. The van der Waals surface area contributed by atoms with E-state index in [1.165, 1.54) is 16.6 Å². The van der Waals surface area contributed by atoms with E-state index >= 15 is 0 Å². The SMILES string of the molecule is CS(=O)(=O)N1CCC(n2cnc(=C3C=CC(F)=CC3)c2=C2CC=Nc3[nH]ccc32)CC1. The van der Waals surface area contributed by atoms with Crippen LogP contribution in [0.1, 0.15) is 37.3 Å². The summed E-state index contributed by atoms with van der Waals surface area (Å²) < 4.78 is 41.1. The number of nitrogens with one attached hydrogen (secondary N) is 1. The van der Waals surface area contributed by atoms with Gasteiger partial charge < -0.3 is 9.55 Å². The number of aromatic amines is 1. The van der Waals surface area contributed by atoms with E-state index in [-0.39, 0.29) is 11.9 Å². The van der Waals surface area contributed by atoms with Gasteiger partial charge in [0, 0.05) is 43.5 Å². The molecule has 0 saturated carbocycles. The van der Waals surface area contributed by atoms with Gasteiger partial charge in [0.05, 0.1) is 23.3 Å². The second-order valence-corrected chi connectivity index (χ2v) is 10.1. The lowest BCUT2D eigenvalue weighted by Gasteiger charge is -2.31. The summed E-state index contributed by atoms with van der Waals surface area (Å²) in [5.41, 5.74) is 3.14. The third-order valence-corrected chi connectivity index (χ3v) is 7.50. The van der Waals surface area contributed by atoms with E-state index in [1.54, 1.807) is 12.2 Å². The van der Waals surface area contributed by atoms with Crippen molar-refractivity contribution >= 4 is 33.2 Å². The van der Waals surface area contributed by atoms with Crippen LogP contribution in [0.5, 0.6) is 0 Å². The van der Waals surface area contributed by atoms with Gasteiger partial charge in [-0.05, 0) is 48.6 Å². The molecule has 1 fully saturated rings. The summed E-state index contributed by atoms with van der Waals surface area (Å²) in [5.74, 6) is 0.588. The van der Waals surface area contributed by atoms with Gasteiger partial charge in [-0.1, -0.05) is 6.08 Å². The molecule has 31 heavy (non-hydrogen) atoms. The standard InChI is InChI=1S/C22H24FN5O2S/c1-31(29,30)27-12-8-17(9-13-27)28-14-26-20(15-2-4-16(23)5-3-15)21(28)18-6-10-24-22-19(18)7-11-25-22/h2,4-5,7,10-11,14,17,25H,3,6,8-9,12-13H2,1H3. The van der Waals surface area contributed by atoms with Crippen molar-refractivity contribution in [2.24, 2.45) is 4.99 Å². The summed E-state index contributed by atoms with van der Waals surface area (Å²) in [6, 6.07) is 2.17. The van der Waals surface area contributed by atoms with E-state index in [4.69, 9.17) is 4.98 Å². The molecular formula is C22H24FN5O2S. The van der Waals surface area contributed by atoms with E-state index < -0.39 is 10.0 Å². The Kier molecular flexibility index (Phi) is 5.02. The molecule has 0 amide bonds. The monoisotopic (exact) mass is 441 g/mol. The molecule has 2 aromatic heterocycles. The molecule has 2 aliphatic heterocycles. The normalized spacial score (nSPS) is 23.7. The topological polar surface area (TPSA) is 83.3 Å². The first-order valence-electron chi connectivity index (χ1n) is 10.4. The minimum atomic E-state index is -3.19. The lowest BCUT2D eigenvalue weighted by Crippen LogP contribution is -2.42. The summed E-state index contributed by atoms with van der Waals surface area (Å²) in [6.45, 7) is 0.986. The molecule has 1 saturated heterocycles. The summed E-state index contributed by atoms with van der Waals surface area (Å²) in [7, 11) is -3.19. The molecular weight excluding hydrogens is 417 g/mol. The van der Waals surface area contributed by atoms with Crippen LogP contribution in [0.15, 0.2) is 47.6 Å². The van der Waals surface area contributed by atoms with Gasteiger partial charge in [-0.25, -0.2) is 27.1 Å². The summed E-state index contributed by atoms with van der Waals surface area (Å²) in [6.07, 6.45) is 14.3. The van der Waals surface area contributed by atoms with Crippen LogP contribution in [0.3, 0.4) is 0 Å². The lowest BCUT2D eigenvalue weighted by molar-refractivity contribution is 0.272. The molecule has 0 spiro atoms. The molecule has 9 heteroatoms. The van der Waals surface area contributed by atoms with E-state index in [0.29, 0.717) is 25.9 Å². The van der Waals surface area contributed by atoms with Crippen LogP contribution in [0.2, 0.25) is 0 Å². The van der Waals surface area contributed by atoms with Crippen molar-refractivity contribution in [3.05, 3.63) is 58.9 Å². The van der Waals surface area contributed by atoms with Crippen LogP contribution in [0.4, 0.5) is 10.2 Å². The second kappa shape index (κ2) is 7.72. The van der Waals surface area contributed by atoms with E-state index in [1.807, 2.05) is 24.8 Å². The Morgan fingerprint density at radius 1 is 1.19 bits per heavy atom. The Bertz CT molecular complexity index is 1340. The number of piperidine rings is 1. The summed E-state index contributed by atoms with van der Waals surface area (Å²) in [4.78, 5) is 12.4. The van der Waals surface area contributed by atoms with Crippen LogP contribution in [-0.4, -0.2) is 52.8 Å². The van der Waals surface area contributed by atoms with Gasteiger partial charge in [0.25, 0.3) is 0 Å². The second-order valence-electron chi connectivity index (χ2n) is 8.13. The first kappa shape index (κ1) is 20.1. The number of fused-ring (bicyclic) bond motifs is 1. The Balaban J connectivity index is 1.67. The molecule has 162 valence electrons. The largest absolute Gasteiger partial charge is 0.346 e. The molecule has 0 atom stereocenters. The zero-order valence-corrected chi connectivity index (χ0v) is 18.1. The number of sulfonamides is 1. The number of nitrogens with zero attached hydrogens (tertiary/aromatic N) is 4. The van der Waals surface area contributed by atoms with Crippen LogP contribution in [0.25, 0.3) is 11.1 Å². The Morgan fingerprint density at radius 2 is 2.00 bits per heavy atom. The molecule has 0 radical (unpaired) electrons. The number of hydrogen-bond acceptors (Lipinski definition) is 4. The maximum Gasteiger partial charge on any atom is 0.211 e. The molecule has 0 bridgehead atoms. The number of allylic oxidation sites excluding steroid dienone is 4. The van der Waals surface area contributed by atoms with E-state index in [9.17, 15) is 12.8 Å². The van der Waals surface area contributed by atoms with E-state index in [0.717, 1.165) is 46.1 Å². The minimum Gasteiger partial charge on any atom is -0.346 e. The van der Waals surface area contributed by atoms with Crippen molar-refractivity contribution in [3.8, 4) is 0 Å². The predicted octanol–water partition coefficient (Wildman–Crippen LogP) is 2.08. The van der Waals surface area contributed by atoms with Gasteiger partial charge in [0.15, 0.2) is 0 Å². The van der Waals surface area contributed by atoms with Crippen LogP contribution in [-0.2, 0) is 10.0 Å². The number of aromatic nitrogens is 3. The fraction of sp³-hybridized carbons (Fsp3) is 0.364. The predicted molar refractivity (Wildman–Crippen MR) is 119 cm³/mol. The number of halogens is 1. The van der Waals surface area contributed by atoms with Crippen molar-refractivity contribution in [1.82, 2.24) is 18.8 Å². The fourth-order valence-corrected chi connectivity index (χ4v) is 5.47. The van der Waals surface area contributed by atoms with Crippen molar-refractivity contribution < 1.29 is 12.8 Å². The Morgan fingerprint density at radius 3 is 2.71 bits per heavy atom. The van der Waals surface area contributed by atoms with Crippen LogP contribution < -0.4 is 10.7 Å².